The van der Waals surface area contributed by atoms with Crippen LogP contribution in [0.5, 0.6) is 0 Å². The third-order valence-electron chi connectivity index (χ3n) is 2.59. The third kappa shape index (κ3) is 3.27. The van der Waals surface area contributed by atoms with E-state index in [-0.39, 0.29) is 11.4 Å². The largest absolute Gasteiger partial charge is 0.388 e. The molecule has 0 spiro atoms. The maximum absolute atomic E-state index is 7.26. The second-order valence-corrected chi connectivity index (χ2v) is 4.66. The molecule has 14 heavy (non-hydrogen) atoms. The van der Waals surface area contributed by atoms with Crippen LogP contribution >= 0.6 is 0 Å². The van der Waals surface area contributed by atoms with Crippen molar-refractivity contribution in [2.45, 2.75) is 38.8 Å². The zero-order chi connectivity index (χ0) is 10.8. The number of nitrogens with one attached hydrogen (secondary N) is 1. The first-order valence-corrected chi connectivity index (χ1v) is 5.11. The van der Waals surface area contributed by atoms with Gasteiger partial charge in [0.1, 0.15) is 0 Å². The van der Waals surface area contributed by atoms with E-state index in [4.69, 9.17) is 15.9 Å². The molecular weight excluding hydrogens is 178 g/mol. The summed E-state index contributed by atoms with van der Waals surface area (Å²) in [5, 5.41) is 7.26. The van der Waals surface area contributed by atoms with Gasteiger partial charge in [-0.25, -0.2) is 0 Å². The second kappa shape index (κ2) is 4.28. The van der Waals surface area contributed by atoms with Crippen LogP contribution in [0.2, 0.25) is 0 Å². The Morgan fingerprint density at radius 2 is 2.29 bits per heavy atom. The fraction of sp³-hybridized carbons (Fsp3) is 0.900. The smallest absolute Gasteiger partial charge is 0.0920 e. The summed E-state index contributed by atoms with van der Waals surface area (Å²) < 4.78 is 5.62. The molecule has 0 aromatic rings. The molecule has 82 valence electrons. The summed E-state index contributed by atoms with van der Waals surface area (Å²) in [6, 6.07) is 0.343. The molecule has 0 aromatic heterocycles. The monoisotopic (exact) mass is 199 g/mol. The molecule has 1 heterocycles. The van der Waals surface area contributed by atoms with Crippen LogP contribution in [-0.4, -0.2) is 42.1 Å². The number of ether oxygens (including phenoxy) is 1. The lowest BCUT2D eigenvalue weighted by Crippen LogP contribution is -2.52. The van der Waals surface area contributed by atoms with Crippen LogP contribution in [0.15, 0.2) is 0 Å². The number of rotatable bonds is 3. The van der Waals surface area contributed by atoms with E-state index in [1.165, 1.54) is 0 Å². The second-order valence-electron chi connectivity index (χ2n) is 4.66. The minimum absolute atomic E-state index is 0.0662. The Labute approximate surface area is 85.9 Å². The molecule has 0 bridgehead atoms. The van der Waals surface area contributed by atoms with Gasteiger partial charge in [-0.05, 0) is 20.8 Å². The number of amidine groups is 1. The average molecular weight is 199 g/mol. The summed E-state index contributed by atoms with van der Waals surface area (Å²) in [5.41, 5.74) is 5.33. The molecule has 4 heteroatoms. The molecule has 3 N–H and O–H groups in total. The SMILES string of the molecule is CC(CC(=N)N)N1CCOC(C)(C)C1. The van der Waals surface area contributed by atoms with E-state index in [9.17, 15) is 0 Å². The van der Waals surface area contributed by atoms with Crippen LogP contribution in [0, 0.1) is 5.41 Å². The van der Waals surface area contributed by atoms with Crippen molar-refractivity contribution in [1.29, 1.82) is 5.41 Å². The van der Waals surface area contributed by atoms with Gasteiger partial charge in [0.15, 0.2) is 0 Å². The molecule has 0 radical (unpaired) electrons. The van der Waals surface area contributed by atoms with Crippen LogP contribution < -0.4 is 5.73 Å². The molecule has 0 aliphatic carbocycles. The van der Waals surface area contributed by atoms with E-state index in [0.717, 1.165) is 19.7 Å². The molecule has 1 fully saturated rings. The zero-order valence-electron chi connectivity index (χ0n) is 9.34. The van der Waals surface area contributed by atoms with E-state index in [1.54, 1.807) is 0 Å². The van der Waals surface area contributed by atoms with E-state index < -0.39 is 0 Å². The quantitative estimate of drug-likeness (QED) is 0.522. The summed E-state index contributed by atoms with van der Waals surface area (Å²) in [7, 11) is 0. The van der Waals surface area contributed by atoms with Gasteiger partial charge in [-0.2, -0.15) is 0 Å². The Balaban J connectivity index is 2.47. The van der Waals surface area contributed by atoms with Gasteiger partial charge in [-0.1, -0.05) is 0 Å². The first-order chi connectivity index (χ1) is 6.41. The summed E-state index contributed by atoms with van der Waals surface area (Å²) in [5.74, 6) is 0.266. The Morgan fingerprint density at radius 1 is 1.64 bits per heavy atom. The van der Waals surface area contributed by atoms with Gasteiger partial charge < -0.3 is 10.5 Å². The molecule has 1 rings (SSSR count). The van der Waals surface area contributed by atoms with Crippen molar-refractivity contribution in [2.24, 2.45) is 5.73 Å². The average Bonchev–Trinajstić information content (AvgIpc) is 2.01. The van der Waals surface area contributed by atoms with Crippen molar-refractivity contribution in [3.63, 3.8) is 0 Å². The van der Waals surface area contributed by atoms with Gasteiger partial charge in [-0.3, -0.25) is 10.3 Å². The van der Waals surface area contributed by atoms with Crippen molar-refractivity contribution in [1.82, 2.24) is 4.90 Å². The Kier molecular flexibility index (Phi) is 3.50. The predicted octanol–water partition coefficient (Wildman–Crippen LogP) is 0.812. The lowest BCUT2D eigenvalue weighted by molar-refractivity contribution is -0.0946. The maximum atomic E-state index is 7.26. The summed E-state index contributed by atoms with van der Waals surface area (Å²) >= 11 is 0. The minimum atomic E-state index is -0.0662. The van der Waals surface area contributed by atoms with Gasteiger partial charge >= 0.3 is 0 Å². The minimum Gasteiger partial charge on any atom is -0.388 e. The van der Waals surface area contributed by atoms with Crippen LogP contribution in [0.4, 0.5) is 0 Å². The molecule has 0 aromatic carbocycles. The molecule has 1 aliphatic heterocycles. The highest BCUT2D eigenvalue weighted by molar-refractivity contribution is 5.77. The van der Waals surface area contributed by atoms with Gasteiger partial charge in [0.05, 0.1) is 18.0 Å². The summed E-state index contributed by atoms with van der Waals surface area (Å²) in [6.07, 6.45) is 0.649. The predicted molar refractivity (Wildman–Crippen MR) is 57.6 cm³/mol. The highest BCUT2D eigenvalue weighted by Crippen LogP contribution is 2.19. The van der Waals surface area contributed by atoms with E-state index in [2.05, 4.69) is 25.7 Å². The van der Waals surface area contributed by atoms with E-state index >= 15 is 0 Å². The molecule has 1 unspecified atom stereocenters. The molecule has 0 amide bonds. The first kappa shape index (κ1) is 11.5. The summed E-state index contributed by atoms with van der Waals surface area (Å²) in [4.78, 5) is 2.34. The van der Waals surface area contributed by atoms with Crippen molar-refractivity contribution in [3.05, 3.63) is 0 Å². The number of nitrogens with two attached hydrogens (primary N) is 1. The Morgan fingerprint density at radius 3 is 2.79 bits per heavy atom. The number of nitrogens with zero attached hydrogens (tertiary/aromatic N) is 1. The normalized spacial score (nSPS) is 24.5. The highest BCUT2D eigenvalue weighted by atomic mass is 16.5. The topological polar surface area (TPSA) is 62.3 Å². The number of hydrogen-bond donors (Lipinski definition) is 2. The van der Waals surface area contributed by atoms with Gasteiger partial charge in [-0.15, -0.1) is 0 Å². The van der Waals surface area contributed by atoms with Crippen LogP contribution in [0.3, 0.4) is 0 Å². The standard InChI is InChI=1S/C10H21N3O/c1-8(6-9(11)12)13-4-5-14-10(2,3)7-13/h8H,4-7H2,1-3H3,(H3,11,12). The lowest BCUT2D eigenvalue weighted by Gasteiger charge is -2.41. The molecule has 1 saturated heterocycles. The maximum Gasteiger partial charge on any atom is 0.0920 e. The van der Waals surface area contributed by atoms with Crippen molar-refractivity contribution in [2.75, 3.05) is 19.7 Å². The lowest BCUT2D eigenvalue weighted by atomic mass is 10.0. The molecule has 4 nitrogen and oxygen atoms in total. The fourth-order valence-electron chi connectivity index (χ4n) is 1.88. The fourth-order valence-corrected chi connectivity index (χ4v) is 1.88. The van der Waals surface area contributed by atoms with Gasteiger partial charge in [0, 0.05) is 25.6 Å². The van der Waals surface area contributed by atoms with Gasteiger partial charge in [0.2, 0.25) is 0 Å². The molecule has 1 atom stereocenters. The molecular formula is C10H21N3O. The number of morpholine rings is 1. The van der Waals surface area contributed by atoms with Crippen molar-refractivity contribution < 1.29 is 4.74 Å². The molecule has 1 aliphatic rings. The Bertz CT molecular complexity index is 215. The van der Waals surface area contributed by atoms with Crippen molar-refractivity contribution >= 4 is 5.84 Å². The first-order valence-electron chi connectivity index (χ1n) is 5.11. The Hall–Kier alpha value is -0.610. The van der Waals surface area contributed by atoms with E-state index in [0.29, 0.717) is 12.5 Å². The third-order valence-corrected chi connectivity index (χ3v) is 2.59. The van der Waals surface area contributed by atoms with Crippen LogP contribution in [-0.2, 0) is 4.74 Å². The van der Waals surface area contributed by atoms with Crippen LogP contribution in [0.25, 0.3) is 0 Å². The van der Waals surface area contributed by atoms with Crippen molar-refractivity contribution in [3.8, 4) is 0 Å². The molecule has 0 saturated carbocycles. The van der Waals surface area contributed by atoms with Crippen LogP contribution in [0.1, 0.15) is 27.2 Å². The van der Waals surface area contributed by atoms with Gasteiger partial charge in [0.25, 0.3) is 0 Å². The highest BCUT2D eigenvalue weighted by Gasteiger charge is 2.29. The zero-order valence-corrected chi connectivity index (χ0v) is 9.34. The van der Waals surface area contributed by atoms with E-state index in [1.807, 2.05) is 0 Å². The number of hydrogen-bond acceptors (Lipinski definition) is 3. The summed E-state index contributed by atoms with van der Waals surface area (Å²) in [6.45, 7) is 8.94.